The molecule has 1 heterocycles. The van der Waals surface area contributed by atoms with E-state index in [-0.39, 0.29) is 31.3 Å². The van der Waals surface area contributed by atoms with Crippen molar-refractivity contribution in [2.75, 3.05) is 6.61 Å². The highest BCUT2D eigenvalue weighted by Gasteiger charge is 2.33. The van der Waals surface area contributed by atoms with Crippen LogP contribution in [0, 0.1) is 29.2 Å². The third kappa shape index (κ3) is 10.7. The topological polar surface area (TPSA) is 215 Å². The maximum atomic E-state index is 14.0. The number of benzene rings is 2. The number of hydrogen-bond donors (Lipinski definition) is 5. The summed E-state index contributed by atoms with van der Waals surface area (Å²) < 4.78 is 64.8. The van der Waals surface area contributed by atoms with Gasteiger partial charge in [0.25, 0.3) is 0 Å². The van der Waals surface area contributed by atoms with Crippen molar-refractivity contribution in [2.24, 2.45) is 5.92 Å². The molecule has 0 bridgehead atoms. The minimum Gasteiger partial charge on any atom is -0.481 e. The maximum absolute atomic E-state index is 14.0. The fourth-order valence-corrected chi connectivity index (χ4v) is 4.13. The molecule has 5 N–H and O–H groups in total. The normalized spacial score (nSPS) is 12.8. The average Bonchev–Trinajstić information content (AvgIpc) is 3.57. The number of amides is 3. The molecule has 3 aromatic rings. The summed E-state index contributed by atoms with van der Waals surface area (Å²) >= 11 is 0. The Morgan fingerprint density at radius 3 is 2.17 bits per heavy atom. The van der Waals surface area contributed by atoms with Gasteiger partial charge in [-0.1, -0.05) is 49.4 Å². The van der Waals surface area contributed by atoms with E-state index in [0.29, 0.717) is 5.56 Å². The van der Waals surface area contributed by atoms with Gasteiger partial charge in [-0.05, 0) is 17.9 Å². The van der Waals surface area contributed by atoms with E-state index >= 15 is 0 Å². The number of aromatic amines is 1. The Labute approximate surface area is 269 Å². The summed E-state index contributed by atoms with van der Waals surface area (Å²) in [6.45, 7) is 1.63. The third-order valence-corrected chi connectivity index (χ3v) is 6.63. The highest BCUT2D eigenvalue weighted by Crippen LogP contribution is 2.26. The summed E-state index contributed by atoms with van der Waals surface area (Å²) in [6, 6.07) is 4.02. The van der Waals surface area contributed by atoms with E-state index in [4.69, 9.17) is 4.74 Å². The highest BCUT2D eigenvalue weighted by molar-refractivity contribution is 5.96. The minimum atomic E-state index is -1.94. The molecule has 3 rings (SSSR count). The molecule has 3 amide bonds. The predicted molar refractivity (Wildman–Crippen MR) is 154 cm³/mol. The standard InChI is InChI=1S/C29H31F4N7O8/c1-14(2)25(28(45)34-19(11-22(42)43)20(41)13-47-26-23(32)16(30)10-17(31)24(26)33)36-27(44)18(8-9-21-37-39-40-38-21)35-29(46)48-12-15-6-4-3-5-7-15/h3-7,10,14,18-19,25H,8-9,11-13H2,1-2H3,(H,34,45)(H,35,46)(H,36,44)(H,42,43)(H,37,38,39,40)/t18-,19-,25-/m0/s1. The summed E-state index contributed by atoms with van der Waals surface area (Å²) in [5.74, 6) is -14.2. The number of carboxylic acids is 1. The van der Waals surface area contributed by atoms with Gasteiger partial charge in [0.2, 0.25) is 23.4 Å². The van der Waals surface area contributed by atoms with Crippen LogP contribution >= 0.6 is 0 Å². The number of carbonyl (C=O) groups is 5. The first-order valence-corrected chi connectivity index (χ1v) is 14.3. The Bertz CT molecular complexity index is 1570. The van der Waals surface area contributed by atoms with Crippen LogP contribution in [-0.2, 0) is 36.9 Å². The predicted octanol–water partition coefficient (Wildman–Crippen LogP) is 1.73. The van der Waals surface area contributed by atoms with Gasteiger partial charge in [0.1, 0.15) is 31.3 Å². The van der Waals surface area contributed by atoms with Gasteiger partial charge in [0.15, 0.2) is 29.0 Å². The maximum Gasteiger partial charge on any atom is 0.408 e. The number of nitrogens with zero attached hydrogens (tertiary/aromatic N) is 3. The van der Waals surface area contributed by atoms with Gasteiger partial charge in [0, 0.05) is 12.5 Å². The largest absolute Gasteiger partial charge is 0.481 e. The van der Waals surface area contributed by atoms with E-state index < -0.39 is 95.7 Å². The van der Waals surface area contributed by atoms with E-state index in [1.807, 2.05) is 0 Å². The Kier molecular flexibility index (Phi) is 13.3. The van der Waals surface area contributed by atoms with Crippen molar-refractivity contribution in [2.45, 2.75) is 57.8 Å². The number of rotatable bonds is 17. The molecule has 3 atom stereocenters. The number of H-pyrrole nitrogens is 1. The summed E-state index contributed by atoms with van der Waals surface area (Å²) in [7, 11) is 0. The molecule has 1 aromatic heterocycles. The van der Waals surface area contributed by atoms with Crippen LogP contribution in [0.5, 0.6) is 5.75 Å². The summed E-state index contributed by atoms with van der Waals surface area (Å²) in [5, 5.41) is 29.6. The third-order valence-electron chi connectivity index (χ3n) is 6.63. The lowest BCUT2D eigenvalue weighted by Gasteiger charge is -2.26. The molecule has 2 aromatic carbocycles. The molecular formula is C29H31F4N7O8. The lowest BCUT2D eigenvalue weighted by atomic mass is 10.0. The first kappa shape index (κ1) is 36.8. The molecule has 0 saturated heterocycles. The zero-order chi connectivity index (χ0) is 35.4. The summed E-state index contributed by atoms with van der Waals surface area (Å²) in [4.78, 5) is 63.4. The second-order valence-electron chi connectivity index (χ2n) is 10.6. The fourth-order valence-electron chi connectivity index (χ4n) is 4.13. The van der Waals surface area contributed by atoms with Crippen LogP contribution in [0.4, 0.5) is 22.4 Å². The molecule has 15 nitrogen and oxygen atoms in total. The number of tetrazole rings is 1. The van der Waals surface area contributed by atoms with Gasteiger partial charge in [-0.3, -0.25) is 19.2 Å². The molecular weight excluding hydrogens is 650 g/mol. The number of alkyl carbamates (subject to hydrolysis) is 1. The number of hydrogen-bond acceptors (Lipinski definition) is 10. The van der Waals surface area contributed by atoms with Crippen molar-refractivity contribution in [1.29, 1.82) is 0 Å². The second kappa shape index (κ2) is 17.3. The summed E-state index contributed by atoms with van der Waals surface area (Å²) in [5.41, 5.74) is 0.672. The zero-order valence-electron chi connectivity index (χ0n) is 25.5. The van der Waals surface area contributed by atoms with Crippen molar-refractivity contribution < 1.29 is 56.1 Å². The monoisotopic (exact) mass is 681 g/mol. The Hall–Kier alpha value is -5.62. The van der Waals surface area contributed by atoms with E-state index in [1.165, 1.54) is 13.8 Å². The Morgan fingerprint density at radius 2 is 1.58 bits per heavy atom. The van der Waals surface area contributed by atoms with Crippen molar-refractivity contribution in [3.8, 4) is 5.75 Å². The van der Waals surface area contributed by atoms with Crippen LogP contribution in [0.15, 0.2) is 36.4 Å². The van der Waals surface area contributed by atoms with Gasteiger partial charge in [-0.2, -0.15) is 14.0 Å². The van der Waals surface area contributed by atoms with Crippen LogP contribution in [0.25, 0.3) is 0 Å². The number of carbonyl (C=O) groups excluding carboxylic acids is 4. The van der Waals surface area contributed by atoms with E-state index in [9.17, 15) is 46.6 Å². The molecule has 0 aliphatic heterocycles. The van der Waals surface area contributed by atoms with Gasteiger partial charge < -0.3 is 30.5 Å². The van der Waals surface area contributed by atoms with Crippen LogP contribution in [0.3, 0.4) is 0 Å². The molecule has 19 heteroatoms. The van der Waals surface area contributed by atoms with Crippen LogP contribution in [-0.4, -0.2) is 80.1 Å². The summed E-state index contributed by atoms with van der Waals surface area (Å²) in [6.07, 6.45) is -2.02. The van der Waals surface area contributed by atoms with Gasteiger partial charge in [-0.15, -0.1) is 10.2 Å². The zero-order valence-corrected chi connectivity index (χ0v) is 25.5. The molecule has 0 unspecified atom stereocenters. The molecule has 0 radical (unpaired) electrons. The highest BCUT2D eigenvalue weighted by atomic mass is 19.2. The van der Waals surface area contributed by atoms with E-state index in [1.54, 1.807) is 30.3 Å². The fraction of sp³-hybridized carbons (Fsp3) is 0.379. The Balaban J connectivity index is 1.71. The Morgan fingerprint density at radius 1 is 0.917 bits per heavy atom. The number of carboxylic acid groups (broad SMARTS) is 1. The van der Waals surface area contributed by atoms with E-state index in [2.05, 4.69) is 41.3 Å². The van der Waals surface area contributed by atoms with Crippen molar-refractivity contribution >= 4 is 29.7 Å². The number of aryl methyl sites for hydroxylation is 1. The SMILES string of the molecule is CC(C)[C@H](NC(=O)[C@H](CCc1nn[nH]n1)NC(=O)OCc1ccccc1)C(=O)N[C@@H](CC(=O)O)C(=O)COc1c(F)c(F)cc(F)c1F. The smallest absolute Gasteiger partial charge is 0.408 e. The molecule has 0 aliphatic carbocycles. The molecule has 0 aliphatic rings. The first-order chi connectivity index (χ1) is 22.8. The van der Waals surface area contributed by atoms with Crippen LogP contribution in [0.2, 0.25) is 0 Å². The molecule has 0 fully saturated rings. The molecule has 0 spiro atoms. The molecule has 258 valence electrons. The number of aliphatic carboxylic acids is 1. The number of Topliss-reactive ketones (excluding diaryl/α,β-unsaturated/α-hetero) is 1. The average molecular weight is 682 g/mol. The van der Waals surface area contributed by atoms with Crippen molar-refractivity contribution in [3.63, 3.8) is 0 Å². The lowest BCUT2D eigenvalue weighted by Crippen LogP contribution is -2.58. The van der Waals surface area contributed by atoms with Crippen molar-refractivity contribution in [3.05, 3.63) is 71.1 Å². The number of halogens is 4. The van der Waals surface area contributed by atoms with Crippen LogP contribution in [0.1, 0.15) is 38.1 Å². The molecule has 48 heavy (non-hydrogen) atoms. The van der Waals surface area contributed by atoms with Gasteiger partial charge >= 0.3 is 12.1 Å². The second-order valence-corrected chi connectivity index (χ2v) is 10.6. The lowest BCUT2D eigenvalue weighted by molar-refractivity contribution is -0.141. The van der Waals surface area contributed by atoms with Crippen molar-refractivity contribution in [1.82, 2.24) is 36.6 Å². The number of nitrogens with one attached hydrogen (secondary N) is 4. The number of ketones is 1. The minimum absolute atomic E-state index is 0.0533. The van der Waals surface area contributed by atoms with Crippen LogP contribution < -0.4 is 20.7 Å². The molecule has 0 saturated carbocycles. The van der Waals surface area contributed by atoms with Gasteiger partial charge in [0.05, 0.1) is 6.42 Å². The van der Waals surface area contributed by atoms with E-state index in [0.717, 1.165) is 0 Å². The number of aromatic nitrogens is 4. The quantitative estimate of drug-likeness (QED) is 0.102. The van der Waals surface area contributed by atoms with Gasteiger partial charge in [-0.25, -0.2) is 13.6 Å². The first-order valence-electron chi connectivity index (χ1n) is 14.3. The number of ether oxygens (including phenoxy) is 2.